The molecule has 1 N–H and O–H groups in total. The summed E-state index contributed by atoms with van der Waals surface area (Å²) in [6.07, 6.45) is 5.80. The molecular formula is C19H24ClNO2S. The molecule has 0 aliphatic rings. The summed E-state index contributed by atoms with van der Waals surface area (Å²) < 4.78 is 27.7. The third-order valence-corrected chi connectivity index (χ3v) is 5.61. The Bertz CT molecular complexity index is 770. The first-order chi connectivity index (χ1) is 11.4. The first-order valence-electron chi connectivity index (χ1n) is 8.30. The van der Waals surface area contributed by atoms with Gasteiger partial charge in [-0.25, -0.2) is 8.42 Å². The van der Waals surface area contributed by atoms with Gasteiger partial charge >= 0.3 is 0 Å². The Morgan fingerprint density at radius 2 is 1.71 bits per heavy atom. The summed E-state index contributed by atoms with van der Waals surface area (Å²) in [4.78, 5) is 0.263. The number of halogens is 1. The van der Waals surface area contributed by atoms with E-state index < -0.39 is 10.0 Å². The number of hydrogen-bond donors (Lipinski definition) is 1. The Balaban J connectivity index is 2.08. The smallest absolute Gasteiger partial charge is 0.261 e. The quantitative estimate of drug-likeness (QED) is 0.621. The molecule has 0 bridgehead atoms. The predicted molar refractivity (Wildman–Crippen MR) is 101 cm³/mol. The third-order valence-electron chi connectivity index (χ3n) is 4.00. The van der Waals surface area contributed by atoms with Crippen LogP contribution in [0.2, 0.25) is 5.02 Å². The van der Waals surface area contributed by atoms with Crippen molar-refractivity contribution in [3.63, 3.8) is 0 Å². The molecule has 24 heavy (non-hydrogen) atoms. The Morgan fingerprint density at radius 1 is 1.00 bits per heavy atom. The first kappa shape index (κ1) is 18.8. The highest BCUT2D eigenvalue weighted by Gasteiger charge is 2.15. The molecule has 0 unspecified atom stereocenters. The minimum Gasteiger partial charge on any atom is -0.279 e. The van der Waals surface area contributed by atoms with Crippen LogP contribution in [-0.2, 0) is 16.4 Å². The van der Waals surface area contributed by atoms with E-state index >= 15 is 0 Å². The minimum atomic E-state index is -3.61. The van der Waals surface area contributed by atoms with Crippen LogP contribution in [0.25, 0.3) is 0 Å². The molecule has 0 saturated heterocycles. The third kappa shape index (κ3) is 5.25. The Labute approximate surface area is 150 Å². The van der Waals surface area contributed by atoms with Gasteiger partial charge in [0.15, 0.2) is 0 Å². The summed E-state index contributed by atoms with van der Waals surface area (Å²) >= 11 is 5.95. The van der Waals surface area contributed by atoms with E-state index in [1.165, 1.54) is 24.8 Å². The van der Waals surface area contributed by atoms with Gasteiger partial charge in [0, 0.05) is 5.02 Å². The SMILES string of the molecule is CCCCCCc1ccc(S(=O)(=O)Nc2cc(Cl)ccc2C)cc1. The van der Waals surface area contributed by atoms with Crippen LogP contribution in [0.15, 0.2) is 47.4 Å². The Kier molecular flexibility index (Phi) is 6.69. The van der Waals surface area contributed by atoms with E-state index in [1.54, 1.807) is 30.3 Å². The molecule has 2 rings (SSSR count). The average Bonchev–Trinajstić information content (AvgIpc) is 2.55. The summed E-state index contributed by atoms with van der Waals surface area (Å²) in [5, 5.41) is 0.501. The lowest BCUT2D eigenvalue weighted by atomic mass is 10.1. The topological polar surface area (TPSA) is 46.2 Å². The van der Waals surface area contributed by atoms with Gasteiger partial charge in [0.25, 0.3) is 10.0 Å². The maximum absolute atomic E-state index is 12.5. The van der Waals surface area contributed by atoms with Crippen molar-refractivity contribution in [1.29, 1.82) is 0 Å². The van der Waals surface area contributed by atoms with Crippen molar-refractivity contribution in [3.8, 4) is 0 Å². The van der Waals surface area contributed by atoms with Crippen LogP contribution >= 0.6 is 11.6 Å². The number of unbranched alkanes of at least 4 members (excludes halogenated alkanes) is 3. The lowest BCUT2D eigenvalue weighted by molar-refractivity contribution is 0.601. The predicted octanol–water partition coefficient (Wildman–Crippen LogP) is 5.57. The van der Waals surface area contributed by atoms with Crippen LogP contribution < -0.4 is 4.72 Å². The Morgan fingerprint density at radius 3 is 2.38 bits per heavy atom. The van der Waals surface area contributed by atoms with Gasteiger partial charge in [0.1, 0.15) is 0 Å². The minimum absolute atomic E-state index is 0.263. The fourth-order valence-electron chi connectivity index (χ4n) is 2.50. The van der Waals surface area contributed by atoms with Gasteiger partial charge < -0.3 is 0 Å². The molecule has 0 aliphatic heterocycles. The van der Waals surface area contributed by atoms with Gasteiger partial charge in [-0.1, -0.05) is 56.0 Å². The van der Waals surface area contributed by atoms with E-state index in [1.807, 2.05) is 19.1 Å². The Hall–Kier alpha value is -1.52. The molecule has 130 valence electrons. The van der Waals surface area contributed by atoms with Crippen LogP contribution in [-0.4, -0.2) is 8.42 Å². The molecule has 0 aromatic heterocycles. The zero-order valence-corrected chi connectivity index (χ0v) is 15.8. The van der Waals surface area contributed by atoms with Gasteiger partial charge in [-0.15, -0.1) is 0 Å². The normalized spacial score (nSPS) is 11.5. The van der Waals surface area contributed by atoms with Crippen LogP contribution in [0.5, 0.6) is 0 Å². The zero-order chi connectivity index (χ0) is 17.6. The number of benzene rings is 2. The van der Waals surface area contributed by atoms with E-state index in [9.17, 15) is 8.42 Å². The molecule has 0 radical (unpaired) electrons. The number of sulfonamides is 1. The highest BCUT2D eigenvalue weighted by molar-refractivity contribution is 7.92. The van der Waals surface area contributed by atoms with E-state index in [4.69, 9.17) is 11.6 Å². The van der Waals surface area contributed by atoms with E-state index in [0.717, 1.165) is 18.4 Å². The maximum Gasteiger partial charge on any atom is 0.261 e. The standard InChI is InChI=1S/C19H24ClNO2S/c1-3-4-5-6-7-16-9-12-18(13-10-16)24(22,23)21-19-14-17(20)11-8-15(19)2/h8-14,21H,3-7H2,1-2H3. The van der Waals surface area contributed by atoms with E-state index in [2.05, 4.69) is 11.6 Å². The van der Waals surface area contributed by atoms with Crippen molar-refractivity contribution in [2.45, 2.75) is 50.8 Å². The van der Waals surface area contributed by atoms with Gasteiger partial charge in [-0.3, -0.25) is 4.72 Å². The van der Waals surface area contributed by atoms with Crippen molar-refractivity contribution >= 4 is 27.3 Å². The van der Waals surface area contributed by atoms with Gasteiger partial charge in [-0.05, 0) is 55.2 Å². The zero-order valence-electron chi connectivity index (χ0n) is 14.2. The van der Waals surface area contributed by atoms with Crippen molar-refractivity contribution in [2.75, 3.05) is 4.72 Å². The summed E-state index contributed by atoms with van der Waals surface area (Å²) in [6.45, 7) is 4.03. The highest BCUT2D eigenvalue weighted by atomic mass is 35.5. The summed E-state index contributed by atoms with van der Waals surface area (Å²) in [6, 6.07) is 12.3. The molecule has 0 heterocycles. The number of rotatable bonds is 8. The molecule has 0 aliphatic carbocycles. The number of hydrogen-bond acceptors (Lipinski definition) is 2. The molecule has 0 saturated carbocycles. The van der Waals surface area contributed by atoms with Gasteiger partial charge in [-0.2, -0.15) is 0 Å². The van der Waals surface area contributed by atoms with Crippen LogP contribution in [0.1, 0.15) is 43.7 Å². The molecule has 5 heteroatoms. The number of nitrogens with one attached hydrogen (secondary N) is 1. The first-order valence-corrected chi connectivity index (χ1v) is 10.2. The van der Waals surface area contributed by atoms with E-state index in [-0.39, 0.29) is 4.90 Å². The van der Waals surface area contributed by atoms with Crippen molar-refractivity contribution in [2.24, 2.45) is 0 Å². The van der Waals surface area contributed by atoms with Crippen molar-refractivity contribution in [3.05, 3.63) is 58.6 Å². The van der Waals surface area contributed by atoms with Crippen LogP contribution in [0, 0.1) is 6.92 Å². The lowest BCUT2D eigenvalue weighted by Gasteiger charge is -2.11. The molecule has 0 fully saturated rings. The number of anilines is 1. The number of aryl methyl sites for hydroxylation is 2. The lowest BCUT2D eigenvalue weighted by Crippen LogP contribution is -2.13. The second-order valence-electron chi connectivity index (χ2n) is 6.02. The summed E-state index contributed by atoms with van der Waals surface area (Å²) in [5.74, 6) is 0. The van der Waals surface area contributed by atoms with Crippen molar-refractivity contribution in [1.82, 2.24) is 0 Å². The van der Waals surface area contributed by atoms with Crippen LogP contribution in [0.4, 0.5) is 5.69 Å². The van der Waals surface area contributed by atoms with Gasteiger partial charge in [0.05, 0.1) is 10.6 Å². The maximum atomic E-state index is 12.5. The van der Waals surface area contributed by atoms with Crippen LogP contribution in [0.3, 0.4) is 0 Å². The molecule has 2 aromatic rings. The fourth-order valence-corrected chi connectivity index (χ4v) is 3.79. The molecule has 0 spiro atoms. The summed E-state index contributed by atoms with van der Waals surface area (Å²) in [5.41, 5.74) is 2.51. The molecule has 0 amide bonds. The largest absolute Gasteiger partial charge is 0.279 e. The molecule has 3 nitrogen and oxygen atoms in total. The molecular weight excluding hydrogens is 342 g/mol. The van der Waals surface area contributed by atoms with Gasteiger partial charge in [0.2, 0.25) is 0 Å². The molecule has 0 atom stereocenters. The second kappa shape index (κ2) is 8.54. The fraction of sp³-hybridized carbons (Fsp3) is 0.368. The monoisotopic (exact) mass is 365 g/mol. The van der Waals surface area contributed by atoms with Crippen molar-refractivity contribution < 1.29 is 8.42 Å². The van der Waals surface area contributed by atoms with E-state index in [0.29, 0.717) is 10.7 Å². The molecule has 2 aromatic carbocycles. The average molecular weight is 366 g/mol. The highest BCUT2D eigenvalue weighted by Crippen LogP contribution is 2.23. The summed E-state index contributed by atoms with van der Waals surface area (Å²) in [7, 11) is -3.61. The second-order valence-corrected chi connectivity index (χ2v) is 8.14.